The molecule has 0 bridgehead atoms. The van der Waals surface area contributed by atoms with Gasteiger partial charge in [0.25, 0.3) is 5.91 Å². The Morgan fingerprint density at radius 3 is 2.48 bits per heavy atom. The highest BCUT2D eigenvalue weighted by molar-refractivity contribution is 7.22. The minimum atomic E-state index is -0.121. The maximum absolute atomic E-state index is 12.2. The Bertz CT molecular complexity index is 742. The van der Waals surface area contributed by atoms with Crippen molar-refractivity contribution in [1.82, 2.24) is 4.98 Å². The average molecular weight is 296 g/mol. The van der Waals surface area contributed by atoms with Crippen molar-refractivity contribution in [1.29, 1.82) is 0 Å². The largest absolute Gasteiger partial charge is 0.298 e. The smallest absolute Gasteiger partial charge is 0.257 e. The van der Waals surface area contributed by atoms with E-state index >= 15 is 0 Å². The summed E-state index contributed by atoms with van der Waals surface area (Å²) in [6.45, 7) is 4.27. The predicted molar refractivity (Wildman–Crippen MR) is 88.1 cm³/mol. The Morgan fingerprint density at radius 2 is 1.81 bits per heavy atom. The lowest BCUT2D eigenvalue weighted by molar-refractivity contribution is 0.102. The molecule has 0 atom stereocenters. The lowest BCUT2D eigenvalue weighted by Crippen LogP contribution is -2.11. The number of nitrogens with zero attached hydrogens (tertiary/aromatic N) is 1. The van der Waals surface area contributed by atoms with Crippen molar-refractivity contribution in [3.05, 3.63) is 59.7 Å². The highest BCUT2D eigenvalue weighted by Gasteiger charge is 2.10. The first-order chi connectivity index (χ1) is 10.1. The van der Waals surface area contributed by atoms with Crippen LogP contribution in [0.1, 0.15) is 35.7 Å². The van der Waals surface area contributed by atoms with E-state index < -0.39 is 0 Å². The van der Waals surface area contributed by atoms with Crippen LogP contribution in [0.2, 0.25) is 0 Å². The summed E-state index contributed by atoms with van der Waals surface area (Å²) >= 11 is 1.49. The van der Waals surface area contributed by atoms with Gasteiger partial charge in [-0.2, -0.15) is 0 Å². The Hall–Kier alpha value is -2.20. The summed E-state index contributed by atoms with van der Waals surface area (Å²) in [5.41, 5.74) is 2.79. The highest BCUT2D eigenvalue weighted by atomic mass is 32.1. The number of hydrogen-bond acceptors (Lipinski definition) is 3. The summed E-state index contributed by atoms with van der Waals surface area (Å²) in [6, 6.07) is 15.6. The van der Waals surface area contributed by atoms with Crippen LogP contribution in [-0.4, -0.2) is 10.9 Å². The topological polar surface area (TPSA) is 42.0 Å². The van der Waals surface area contributed by atoms with Gasteiger partial charge in [-0.1, -0.05) is 49.4 Å². The molecule has 3 nitrogen and oxygen atoms in total. The Labute approximate surface area is 127 Å². The lowest BCUT2D eigenvalue weighted by atomic mass is 10.0. The number of anilines is 1. The van der Waals surface area contributed by atoms with Gasteiger partial charge < -0.3 is 0 Å². The summed E-state index contributed by atoms with van der Waals surface area (Å²) in [7, 11) is 0. The van der Waals surface area contributed by atoms with Gasteiger partial charge in [-0.05, 0) is 35.7 Å². The standard InChI is InChI=1S/C17H16N2OS/c1-11(2)12-7-9-13(10-8-12)16(20)19-17-18-14-5-3-4-6-15(14)21-17/h3-11H,1-2H3,(H,18,19,20). The molecule has 0 aliphatic heterocycles. The van der Waals surface area contributed by atoms with Gasteiger partial charge in [0.1, 0.15) is 0 Å². The molecule has 0 aliphatic rings. The number of aromatic nitrogens is 1. The lowest BCUT2D eigenvalue weighted by Gasteiger charge is -2.06. The molecule has 1 N–H and O–H groups in total. The molecule has 3 aromatic rings. The van der Waals surface area contributed by atoms with E-state index in [4.69, 9.17) is 0 Å². The van der Waals surface area contributed by atoms with Crippen LogP contribution in [0, 0.1) is 0 Å². The Kier molecular flexibility index (Phi) is 3.71. The third-order valence-corrected chi connectivity index (χ3v) is 4.31. The molecule has 0 fully saturated rings. The van der Waals surface area contributed by atoms with E-state index in [2.05, 4.69) is 24.1 Å². The quantitative estimate of drug-likeness (QED) is 0.763. The number of hydrogen-bond donors (Lipinski definition) is 1. The maximum atomic E-state index is 12.2. The molecule has 3 rings (SSSR count). The third kappa shape index (κ3) is 2.95. The van der Waals surface area contributed by atoms with Crippen LogP contribution in [0.4, 0.5) is 5.13 Å². The fraction of sp³-hybridized carbons (Fsp3) is 0.176. The van der Waals surface area contributed by atoms with Gasteiger partial charge in [0.05, 0.1) is 10.2 Å². The van der Waals surface area contributed by atoms with Crippen molar-refractivity contribution >= 4 is 32.6 Å². The summed E-state index contributed by atoms with van der Waals surface area (Å²) in [4.78, 5) is 16.6. The summed E-state index contributed by atoms with van der Waals surface area (Å²) < 4.78 is 1.07. The molecule has 1 aromatic heterocycles. The maximum Gasteiger partial charge on any atom is 0.257 e. The number of benzene rings is 2. The molecule has 0 aliphatic carbocycles. The number of rotatable bonds is 3. The van der Waals surface area contributed by atoms with Crippen molar-refractivity contribution in [2.75, 3.05) is 5.32 Å². The SMILES string of the molecule is CC(C)c1ccc(C(=O)Nc2nc3ccccc3s2)cc1. The number of nitrogens with one attached hydrogen (secondary N) is 1. The Morgan fingerprint density at radius 1 is 1.10 bits per heavy atom. The summed E-state index contributed by atoms with van der Waals surface area (Å²) in [5.74, 6) is 0.343. The molecule has 1 amide bonds. The first-order valence-corrected chi connectivity index (χ1v) is 7.72. The fourth-order valence-corrected chi connectivity index (χ4v) is 2.98. The van der Waals surface area contributed by atoms with Crippen molar-refractivity contribution in [3.8, 4) is 0 Å². The summed E-state index contributed by atoms with van der Waals surface area (Å²) in [6.07, 6.45) is 0. The normalized spacial score (nSPS) is 11.0. The zero-order chi connectivity index (χ0) is 14.8. The monoisotopic (exact) mass is 296 g/mol. The van der Waals surface area contributed by atoms with E-state index in [9.17, 15) is 4.79 Å². The first-order valence-electron chi connectivity index (χ1n) is 6.90. The van der Waals surface area contributed by atoms with Gasteiger partial charge in [-0.25, -0.2) is 4.98 Å². The Balaban J connectivity index is 1.79. The van der Waals surface area contributed by atoms with Crippen molar-refractivity contribution in [2.24, 2.45) is 0 Å². The second-order valence-electron chi connectivity index (χ2n) is 5.22. The van der Waals surface area contributed by atoms with Gasteiger partial charge in [0.15, 0.2) is 5.13 Å². The van der Waals surface area contributed by atoms with Gasteiger partial charge >= 0.3 is 0 Å². The fourth-order valence-electron chi connectivity index (χ4n) is 2.11. The molecular formula is C17H16N2OS. The number of carbonyl (C=O) groups is 1. The predicted octanol–water partition coefficient (Wildman–Crippen LogP) is 4.67. The van der Waals surface area contributed by atoms with Crippen LogP contribution in [0.25, 0.3) is 10.2 Å². The number of fused-ring (bicyclic) bond motifs is 1. The number of amides is 1. The van der Waals surface area contributed by atoms with Crippen LogP contribution < -0.4 is 5.32 Å². The number of carbonyl (C=O) groups excluding carboxylic acids is 1. The first kappa shape index (κ1) is 13.8. The third-order valence-electron chi connectivity index (χ3n) is 3.35. The number of para-hydroxylation sites is 1. The zero-order valence-electron chi connectivity index (χ0n) is 12.0. The highest BCUT2D eigenvalue weighted by Crippen LogP contribution is 2.25. The van der Waals surface area contributed by atoms with Crippen LogP contribution in [0.15, 0.2) is 48.5 Å². The average Bonchev–Trinajstić information content (AvgIpc) is 2.89. The van der Waals surface area contributed by atoms with Gasteiger partial charge in [0, 0.05) is 5.56 Å². The van der Waals surface area contributed by atoms with Crippen molar-refractivity contribution in [3.63, 3.8) is 0 Å². The molecule has 4 heteroatoms. The van der Waals surface area contributed by atoms with E-state index in [-0.39, 0.29) is 5.91 Å². The van der Waals surface area contributed by atoms with E-state index in [0.29, 0.717) is 16.6 Å². The van der Waals surface area contributed by atoms with Crippen LogP contribution in [-0.2, 0) is 0 Å². The molecule has 0 saturated heterocycles. The molecule has 0 spiro atoms. The zero-order valence-corrected chi connectivity index (χ0v) is 12.8. The van der Waals surface area contributed by atoms with Crippen molar-refractivity contribution < 1.29 is 4.79 Å². The van der Waals surface area contributed by atoms with E-state index in [1.54, 1.807) is 0 Å². The van der Waals surface area contributed by atoms with Crippen LogP contribution in [0.3, 0.4) is 0 Å². The number of thiazole rings is 1. The molecule has 106 valence electrons. The molecule has 2 aromatic carbocycles. The molecule has 0 radical (unpaired) electrons. The minimum Gasteiger partial charge on any atom is -0.298 e. The summed E-state index contributed by atoms with van der Waals surface area (Å²) in [5, 5.41) is 3.50. The van der Waals surface area contributed by atoms with Crippen LogP contribution in [0.5, 0.6) is 0 Å². The molecule has 1 heterocycles. The second kappa shape index (κ2) is 5.66. The minimum absolute atomic E-state index is 0.121. The van der Waals surface area contributed by atoms with E-state index in [1.807, 2.05) is 48.5 Å². The van der Waals surface area contributed by atoms with Crippen LogP contribution >= 0.6 is 11.3 Å². The molecule has 0 unspecified atom stereocenters. The van der Waals surface area contributed by atoms with E-state index in [0.717, 1.165) is 10.2 Å². The van der Waals surface area contributed by atoms with Gasteiger partial charge in [-0.15, -0.1) is 0 Å². The molecular weight excluding hydrogens is 280 g/mol. The molecule has 21 heavy (non-hydrogen) atoms. The van der Waals surface area contributed by atoms with Crippen molar-refractivity contribution in [2.45, 2.75) is 19.8 Å². The van der Waals surface area contributed by atoms with Gasteiger partial charge in [0.2, 0.25) is 0 Å². The van der Waals surface area contributed by atoms with E-state index in [1.165, 1.54) is 16.9 Å². The molecule has 0 saturated carbocycles. The second-order valence-corrected chi connectivity index (χ2v) is 6.25. The van der Waals surface area contributed by atoms with Gasteiger partial charge in [-0.3, -0.25) is 10.1 Å².